The number of carbonyl (C=O) groups excluding carboxylic acids is 2. The van der Waals surface area contributed by atoms with Crippen LogP contribution in [0.2, 0.25) is 0 Å². The lowest BCUT2D eigenvalue weighted by atomic mass is 10.1. The summed E-state index contributed by atoms with van der Waals surface area (Å²) in [5, 5.41) is 5.68. The number of nitrogens with zero attached hydrogens (tertiary/aromatic N) is 4. The molecule has 2 amide bonds. The third-order valence-corrected chi connectivity index (χ3v) is 7.45. The largest absolute Gasteiger partial charge is 0.476 e. The first kappa shape index (κ1) is 21.9. The molecule has 1 aromatic carbocycles. The third kappa shape index (κ3) is 4.12. The summed E-state index contributed by atoms with van der Waals surface area (Å²) in [7, 11) is 0. The second kappa shape index (κ2) is 8.82. The smallest absolute Gasteiger partial charge is 0.268 e. The molecule has 0 bridgehead atoms. The lowest BCUT2D eigenvalue weighted by molar-refractivity contribution is -0.139. The van der Waals surface area contributed by atoms with E-state index >= 15 is 0 Å². The molecule has 4 heterocycles. The molecule has 33 heavy (non-hydrogen) atoms. The number of carbonyl (C=O) groups is 2. The molecule has 5 rings (SSSR count). The van der Waals surface area contributed by atoms with E-state index in [0.717, 1.165) is 54.8 Å². The zero-order valence-corrected chi connectivity index (χ0v) is 20.2. The molecule has 1 fully saturated rings. The van der Waals surface area contributed by atoms with Crippen LogP contribution in [0.1, 0.15) is 48.5 Å². The first-order chi connectivity index (χ1) is 15.9. The zero-order chi connectivity index (χ0) is 23.1. The summed E-state index contributed by atoms with van der Waals surface area (Å²) in [6, 6.07) is 9.43. The van der Waals surface area contributed by atoms with E-state index < -0.39 is 6.10 Å². The number of rotatable bonds is 4. The van der Waals surface area contributed by atoms with Crippen molar-refractivity contribution in [3.63, 3.8) is 0 Å². The average Bonchev–Trinajstić information content (AvgIpc) is 3.38. The van der Waals surface area contributed by atoms with E-state index in [2.05, 4.69) is 18.9 Å². The molecule has 1 atom stereocenters. The number of piperidine rings is 1. The summed E-state index contributed by atoms with van der Waals surface area (Å²) in [6.07, 6.45) is 2.51. The van der Waals surface area contributed by atoms with Crippen molar-refractivity contribution in [2.24, 2.45) is 5.92 Å². The van der Waals surface area contributed by atoms with Gasteiger partial charge in [0.1, 0.15) is 10.6 Å². The van der Waals surface area contributed by atoms with Gasteiger partial charge >= 0.3 is 0 Å². The van der Waals surface area contributed by atoms with E-state index in [1.807, 2.05) is 46.8 Å². The van der Waals surface area contributed by atoms with Gasteiger partial charge in [-0.05, 0) is 50.3 Å². The van der Waals surface area contributed by atoms with Crippen LogP contribution < -0.4 is 9.64 Å². The molecule has 2 aromatic heterocycles. The van der Waals surface area contributed by atoms with Gasteiger partial charge in [-0.3, -0.25) is 19.2 Å². The van der Waals surface area contributed by atoms with Crippen molar-refractivity contribution in [2.45, 2.75) is 52.7 Å². The Morgan fingerprint density at radius 2 is 1.94 bits per heavy atom. The van der Waals surface area contributed by atoms with E-state index in [4.69, 9.17) is 4.74 Å². The summed E-state index contributed by atoms with van der Waals surface area (Å²) in [5.41, 5.74) is 1.64. The number of fused-ring (bicyclic) bond motifs is 2. The van der Waals surface area contributed by atoms with Crippen LogP contribution in [0.5, 0.6) is 5.75 Å². The van der Waals surface area contributed by atoms with Crippen molar-refractivity contribution in [3.05, 3.63) is 40.9 Å². The van der Waals surface area contributed by atoms with Crippen molar-refractivity contribution in [3.8, 4) is 5.75 Å². The standard InChI is InChI=1S/C25H30N4O3S/c1-16(2)14-29-25-18(17(3)26-29)13-22(33-25)24(31)28-15-21(23(30)27-11-7-4-8-12-27)32-20-10-6-5-9-19(20)28/h5-6,9-10,13,16,21H,4,7-8,11-12,14-15H2,1-3H3. The average molecular weight is 467 g/mol. The number of aromatic nitrogens is 2. The molecule has 7 nitrogen and oxygen atoms in total. The minimum Gasteiger partial charge on any atom is -0.476 e. The number of thiophene rings is 1. The Morgan fingerprint density at radius 3 is 2.70 bits per heavy atom. The normalized spacial score (nSPS) is 18.5. The van der Waals surface area contributed by atoms with Crippen LogP contribution >= 0.6 is 11.3 Å². The van der Waals surface area contributed by atoms with Gasteiger partial charge in [0, 0.05) is 25.0 Å². The second-order valence-corrected chi connectivity index (χ2v) is 10.4. The van der Waals surface area contributed by atoms with Crippen LogP contribution in [-0.4, -0.2) is 52.2 Å². The Morgan fingerprint density at radius 1 is 1.18 bits per heavy atom. The molecule has 8 heteroatoms. The van der Waals surface area contributed by atoms with Crippen molar-refractivity contribution >= 4 is 39.1 Å². The van der Waals surface area contributed by atoms with Gasteiger partial charge in [-0.1, -0.05) is 26.0 Å². The number of anilines is 1. The number of amides is 2. The molecule has 0 spiro atoms. The number of hydrogen-bond donors (Lipinski definition) is 0. The number of hydrogen-bond acceptors (Lipinski definition) is 5. The maximum Gasteiger partial charge on any atom is 0.268 e. The van der Waals surface area contributed by atoms with Crippen LogP contribution in [0.4, 0.5) is 5.69 Å². The van der Waals surface area contributed by atoms with Crippen LogP contribution in [-0.2, 0) is 11.3 Å². The minimum atomic E-state index is -0.686. The highest BCUT2D eigenvalue weighted by atomic mass is 32.1. The van der Waals surface area contributed by atoms with E-state index in [-0.39, 0.29) is 18.4 Å². The molecule has 0 radical (unpaired) electrons. The second-order valence-electron chi connectivity index (χ2n) is 9.37. The SMILES string of the molecule is Cc1nn(CC(C)C)c2sc(C(=O)N3CC(C(=O)N4CCCCC4)Oc4ccccc43)cc12. The first-order valence-electron chi connectivity index (χ1n) is 11.8. The molecule has 2 aliphatic heterocycles. The molecule has 3 aromatic rings. The number of benzene rings is 1. The summed E-state index contributed by atoms with van der Waals surface area (Å²) < 4.78 is 8.10. The highest BCUT2D eigenvalue weighted by Crippen LogP contribution is 2.37. The van der Waals surface area contributed by atoms with Crippen molar-refractivity contribution in [1.82, 2.24) is 14.7 Å². The monoisotopic (exact) mass is 466 g/mol. The Kier molecular flexibility index (Phi) is 5.86. The maximum absolute atomic E-state index is 13.7. The number of ether oxygens (including phenoxy) is 1. The summed E-state index contributed by atoms with van der Waals surface area (Å²) in [5.74, 6) is 0.915. The quantitative estimate of drug-likeness (QED) is 0.569. The molecule has 0 N–H and O–H groups in total. The van der Waals surface area contributed by atoms with Gasteiger partial charge in [-0.15, -0.1) is 11.3 Å². The molecular weight excluding hydrogens is 436 g/mol. The van der Waals surface area contributed by atoms with Crippen molar-refractivity contribution in [2.75, 3.05) is 24.5 Å². The Balaban J connectivity index is 1.46. The molecule has 1 unspecified atom stereocenters. The number of likely N-dealkylation sites (tertiary alicyclic amines) is 1. The van der Waals surface area contributed by atoms with Crippen molar-refractivity contribution in [1.29, 1.82) is 0 Å². The van der Waals surface area contributed by atoms with E-state index in [1.165, 1.54) is 11.3 Å². The lowest BCUT2D eigenvalue weighted by Gasteiger charge is -2.37. The minimum absolute atomic E-state index is 0.0261. The zero-order valence-electron chi connectivity index (χ0n) is 19.4. The lowest BCUT2D eigenvalue weighted by Crippen LogP contribution is -2.52. The Hall–Kier alpha value is -2.87. The van der Waals surface area contributed by atoms with Crippen LogP contribution in [0.15, 0.2) is 30.3 Å². The molecular formula is C25H30N4O3S. The fraction of sp³-hybridized carbons (Fsp3) is 0.480. The highest BCUT2D eigenvalue weighted by molar-refractivity contribution is 7.20. The van der Waals surface area contributed by atoms with Crippen LogP contribution in [0.3, 0.4) is 0 Å². The summed E-state index contributed by atoms with van der Waals surface area (Å²) in [4.78, 5) is 32.2. The highest BCUT2D eigenvalue weighted by Gasteiger charge is 2.37. The van der Waals surface area contributed by atoms with Gasteiger partial charge in [-0.25, -0.2) is 0 Å². The molecule has 0 aliphatic carbocycles. The van der Waals surface area contributed by atoms with E-state index in [9.17, 15) is 9.59 Å². The van der Waals surface area contributed by atoms with Gasteiger partial charge in [0.2, 0.25) is 0 Å². The van der Waals surface area contributed by atoms with Gasteiger partial charge < -0.3 is 9.64 Å². The van der Waals surface area contributed by atoms with Gasteiger partial charge in [0.15, 0.2) is 6.10 Å². The van der Waals surface area contributed by atoms with E-state index in [0.29, 0.717) is 22.2 Å². The van der Waals surface area contributed by atoms with Crippen LogP contribution in [0, 0.1) is 12.8 Å². The maximum atomic E-state index is 13.7. The molecule has 1 saturated heterocycles. The van der Waals surface area contributed by atoms with Gasteiger partial charge in [0.05, 0.1) is 22.8 Å². The Bertz CT molecular complexity index is 1190. The predicted molar refractivity (Wildman–Crippen MR) is 130 cm³/mol. The predicted octanol–water partition coefficient (Wildman–Crippen LogP) is 4.48. The fourth-order valence-electron chi connectivity index (χ4n) is 4.69. The topological polar surface area (TPSA) is 67.7 Å². The van der Waals surface area contributed by atoms with E-state index in [1.54, 1.807) is 4.90 Å². The van der Waals surface area contributed by atoms with Gasteiger partial charge in [0.25, 0.3) is 11.8 Å². The summed E-state index contributed by atoms with van der Waals surface area (Å²) >= 11 is 1.47. The Labute approximate surface area is 197 Å². The molecule has 0 saturated carbocycles. The summed E-state index contributed by atoms with van der Waals surface area (Å²) in [6.45, 7) is 8.85. The van der Waals surface area contributed by atoms with Crippen LogP contribution in [0.25, 0.3) is 10.2 Å². The number of aryl methyl sites for hydroxylation is 1. The number of para-hydroxylation sites is 2. The molecule has 2 aliphatic rings. The molecule has 174 valence electrons. The van der Waals surface area contributed by atoms with Crippen molar-refractivity contribution < 1.29 is 14.3 Å². The first-order valence-corrected chi connectivity index (χ1v) is 12.6. The van der Waals surface area contributed by atoms with Gasteiger partial charge in [-0.2, -0.15) is 5.10 Å². The third-order valence-electron chi connectivity index (χ3n) is 6.32. The fourth-order valence-corrected chi connectivity index (χ4v) is 5.81.